The van der Waals surface area contributed by atoms with Crippen LogP contribution in [-0.2, 0) is 0 Å². The van der Waals surface area contributed by atoms with Crippen molar-refractivity contribution in [2.75, 3.05) is 17.7 Å². The summed E-state index contributed by atoms with van der Waals surface area (Å²) in [5, 5.41) is 6.70. The normalized spacial score (nSPS) is 11.1. The lowest BCUT2D eigenvalue weighted by molar-refractivity contribution is 0.415. The van der Waals surface area contributed by atoms with Crippen LogP contribution in [-0.4, -0.2) is 22.6 Å². The molecule has 0 aliphatic heterocycles. The van der Waals surface area contributed by atoms with Crippen molar-refractivity contribution in [1.82, 2.24) is 9.97 Å². The fraction of sp³-hybridized carbons (Fsp3) is 0.238. The molecule has 0 amide bonds. The van der Waals surface area contributed by atoms with Gasteiger partial charge < -0.3 is 15.4 Å². The number of methoxy groups -OCH3 is 1. The van der Waals surface area contributed by atoms with Crippen molar-refractivity contribution in [3.05, 3.63) is 60.7 Å². The van der Waals surface area contributed by atoms with E-state index in [1.54, 1.807) is 7.11 Å². The molecule has 3 aromatic rings. The Morgan fingerprint density at radius 3 is 2.19 bits per heavy atom. The van der Waals surface area contributed by atoms with E-state index in [-0.39, 0.29) is 5.54 Å². The molecule has 3 rings (SSSR count). The summed E-state index contributed by atoms with van der Waals surface area (Å²) in [6, 6.07) is 19.7. The van der Waals surface area contributed by atoms with Crippen LogP contribution in [0, 0.1) is 0 Å². The quantitative estimate of drug-likeness (QED) is 0.671. The van der Waals surface area contributed by atoms with Crippen molar-refractivity contribution in [1.29, 1.82) is 0 Å². The Balaban J connectivity index is 1.95. The Hall–Kier alpha value is -3.08. The Kier molecular flexibility index (Phi) is 5.07. The van der Waals surface area contributed by atoms with E-state index in [1.165, 1.54) is 0 Å². The molecule has 2 N–H and O–H groups in total. The van der Waals surface area contributed by atoms with Crippen LogP contribution in [0.5, 0.6) is 5.75 Å². The number of nitrogens with zero attached hydrogens (tertiary/aromatic N) is 2. The molecule has 1 aromatic heterocycles. The minimum atomic E-state index is -0.0975. The molecule has 0 saturated carbocycles. The zero-order chi connectivity index (χ0) is 18.6. The number of hydrogen-bond acceptors (Lipinski definition) is 5. The highest BCUT2D eigenvalue weighted by atomic mass is 16.5. The third-order valence-electron chi connectivity index (χ3n) is 3.64. The highest BCUT2D eigenvalue weighted by Crippen LogP contribution is 2.25. The SMILES string of the molecule is COc1ccc(Nc2nc(NC(C)(C)C)cc(-c3ccccc3)n2)cc1. The standard InChI is InChI=1S/C21H24N4O/c1-21(2,3)25-19-14-18(15-8-6-5-7-9-15)23-20(24-19)22-16-10-12-17(26-4)13-11-16/h5-14H,1-4H3,(H2,22,23,24,25). The molecule has 0 fully saturated rings. The molecule has 0 spiro atoms. The summed E-state index contributed by atoms with van der Waals surface area (Å²) in [7, 11) is 1.65. The lowest BCUT2D eigenvalue weighted by Gasteiger charge is -2.22. The molecule has 0 unspecified atom stereocenters. The summed E-state index contributed by atoms with van der Waals surface area (Å²) >= 11 is 0. The zero-order valence-electron chi connectivity index (χ0n) is 15.6. The van der Waals surface area contributed by atoms with E-state index in [0.29, 0.717) is 5.95 Å². The summed E-state index contributed by atoms with van der Waals surface area (Å²) in [5.41, 5.74) is 2.71. The first-order chi connectivity index (χ1) is 12.4. The van der Waals surface area contributed by atoms with Crippen molar-refractivity contribution in [2.45, 2.75) is 26.3 Å². The second-order valence-corrected chi connectivity index (χ2v) is 7.06. The number of benzene rings is 2. The van der Waals surface area contributed by atoms with Crippen LogP contribution in [0.1, 0.15) is 20.8 Å². The van der Waals surface area contributed by atoms with Crippen molar-refractivity contribution in [3.8, 4) is 17.0 Å². The maximum atomic E-state index is 5.20. The van der Waals surface area contributed by atoms with E-state index in [0.717, 1.165) is 28.5 Å². The average Bonchev–Trinajstić information content (AvgIpc) is 2.61. The Labute approximate surface area is 154 Å². The monoisotopic (exact) mass is 348 g/mol. The third-order valence-corrected chi connectivity index (χ3v) is 3.64. The summed E-state index contributed by atoms with van der Waals surface area (Å²) < 4.78 is 5.20. The predicted octanol–water partition coefficient (Wildman–Crippen LogP) is 5.11. The van der Waals surface area contributed by atoms with Gasteiger partial charge in [-0.1, -0.05) is 30.3 Å². The second-order valence-electron chi connectivity index (χ2n) is 7.06. The van der Waals surface area contributed by atoms with Crippen LogP contribution in [0.25, 0.3) is 11.3 Å². The van der Waals surface area contributed by atoms with Crippen molar-refractivity contribution in [3.63, 3.8) is 0 Å². The molecule has 0 aliphatic rings. The molecular formula is C21H24N4O. The lowest BCUT2D eigenvalue weighted by atomic mass is 10.1. The summed E-state index contributed by atoms with van der Waals surface area (Å²) in [6.45, 7) is 6.32. The molecule has 0 bridgehead atoms. The van der Waals surface area contributed by atoms with Gasteiger partial charge in [0.1, 0.15) is 11.6 Å². The fourth-order valence-corrected chi connectivity index (χ4v) is 2.51. The first-order valence-corrected chi connectivity index (χ1v) is 8.57. The topological polar surface area (TPSA) is 59.1 Å². The average molecular weight is 348 g/mol. The zero-order valence-corrected chi connectivity index (χ0v) is 15.6. The van der Waals surface area contributed by atoms with Gasteiger partial charge in [-0.05, 0) is 45.0 Å². The molecule has 0 saturated heterocycles. The van der Waals surface area contributed by atoms with E-state index < -0.39 is 0 Å². The molecule has 5 heteroatoms. The van der Waals surface area contributed by atoms with E-state index in [4.69, 9.17) is 4.74 Å². The third kappa shape index (κ3) is 4.72. The minimum absolute atomic E-state index is 0.0975. The highest BCUT2D eigenvalue weighted by Gasteiger charge is 2.13. The number of ether oxygens (including phenoxy) is 1. The lowest BCUT2D eigenvalue weighted by Crippen LogP contribution is -2.26. The van der Waals surface area contributed by atoms with E-state index in [2.05, 4.69) is 41.4 Å². The van der Waals surface area contributed by atoms with Gasteiger partial charge in [-0.15, -0.1) is 0 Å². The smallest absolute Gasteiger partial charge is 0.229 e. The molecule has 2 aromatic carbocycles. The van der Waals surface area contributed by atoms with Crippen LogP contribution in [0.4, 0.5) is 17.5 Å². The van der Waals surface area contributed by atoms with Gasteiger partial charge in [0.05, 0.1) is 12.8 Å². The van der Waals surface area contributed by atoms with Crippen molar-refractivity contribution < 1.29 is 4.74 Å². The first kappa shape index (κ1) is 17.7. The van der Waals surface area contributed by atoms with Crippen molar-refractivity contribution >= 4 is 17.5 Å². The van der Waals surface area contributed by atoms with Gasteiger partial charge in [0.2, 0.25) is 5.95 Å². The van der Waals surface area contributed by atoms with Gasteiger partial charge in [-0.2, -0.15) is 4.98 Å². The van der Waals surface area contributed by atoms with Gasteiger partial charge in [-0.3, -0.25) is 0 Å². The number of nitrogens with one attached hydrogen (secondary N) is 2. The van der Waals surface area contributed by atoms with Crippen LogP contribution >= 0.6 is 0 Å². The number of aromatic nitrogens is 2. The van der Waals surface area contributed by atoms with Gasteiger partial charge in [0.25, 0.3) is 0 Å². The molecule has 0 atom stereocenters. The summed E-state index contributed by atoms with van der Waals surface area (Å²) in [5.74, 6) is 2.13. The molecule has 5 nitrogen and oxygen atoms in total. The maximum Gasteiger partial charge on any atom is 0.229 e. The Morgan fingerprint density at radius 1 is 0.885 bits per heavy atom. The van der Waals surface area contributed by atoms with Gasteiger partial charge in [0.15, 0.2) is 0 Å². The van der Waals surface area contributed by atoms with E-state index in [1.807, 2.05) is 60.7 Å². The van der Waals surface area contributed by atoms with Gasteiger partial charge >= 0.3 is 0 Å². The highest BCUT2D eigenvalue weighted by molar-refractivity contribution is 5.66. The molecule has 134 valence electrons. The number of anilines is 3. The maximum absolute atomic E-state index is 5.20. The fourth-order valence-electron chi connectivity index (χ4n) is 2.51. The van der Waals surface area contributed by atoms with Crippen LogP contribution < -0.4 is 15.4 Å². The summed E-state index contributed by atoms with van der Waals surface area (Å²) in [6.07, 6.45) is 0. The number of rotatable bonds is 5. The minimum Gasteiger partial charge on any atom is -0.497 e. The van der Waals surface area contributed by atoms with E-state index >= 15 is 0 Å². The van der Waals surface area contributed by atoms with Crippen LogP contribution in [0.15, 0.2) is 60.7 Å². The van der Waals surface area contributed by atoms with Gasteiger partial charge in [0, 0.05) is 22.9 Å². The molecular weight excluding hydrogens is 324 g/mol. The van der Waals surface area contributed by atoms with Crippen LogP contribution in [0.3, 0.4) is 0 Å². The van der Waals surface area contributed by atoms with Crippen LogP contribution in [0.2, 0.25) is 0 Å². The van der Waals surface area contributed by atoms with E-state index in [9.17, 15) is 0 Å². The molecule has 26 heavy (non-hydrogen) atoms. The second kappa shape index (κ2) is 7.44. The molecule has 0 radical (unpaired) electrons. The largest absolute Gasteiger partial charge is 0.497 e. The van der Waals surface area contributed by atoms with Gasteiger partial charge in [-0.25, -0.2) is 4.98 Å². The molecule has 1 heterocycles. The number of hydrogen-bond donors (Lipinski definition) is 2. The Bertz CT molecular complexity index is 855. The Morgan fingerprint density at radius 2 is 1.58 bits per heavy atom. The predicted molar refractivity (Wildman–Crippen MR) is 107 cm³/mol. The first-order valence-electron chi connectivity index (χ1n) is 8.57. The molecule has 0 aliphatic carbocycles. The van der Waals surface area contributed by atoms with Crippen molar-refractivity contribution in [2.24, 2.45) is 0 Å². The summed E-state index contributed by atoms with van der Waals surface area (Å²) in [4.78, 5) is 9.30.